The third-order valence-electron chi connectivity index (χ3n) is 11.9. The maximum Gasteiger partial charge on any atom is 0.331 e. The second kappa shape index (κ2) is 16.2. The van der Waals surface area contributed by atoms with Crippen LogP contribution in [0.4, 0.5) is 0 Å². The highest BCUT2D eigenvalue weighted by atomic mass is 16.7. The summed E-state index contributed by atoms with van der Waals surface area (Å²) in [7, 11) is 1.27. The number of ether oxygens (including phenoxy) is 7. The summed E-state index contributed by atoms with van der Waals surface area (Å²) in [4.78, 5) is 51.5. The third kappa shape index (κ3) is 9.57. The first-order valence-electron chi connectivity index (χ1n) is 19.4. The molecule has 3 saturated heterocycles. The van der Waals surface area contributed by atoms with Crippen LogP contribution in [0.3, 0.4) is 0 Å². The molecule has 5 rings (SSSR count). The average Bonchev–Trinajstić information content (AvgIpc) is 3.44. The lowest BCUT2D eigenvalue weighted by atomic mass is 9.70. The Morgan fingerprint density at radius 2 is 1.66 bits per heavy atom. The molecule has 0 saturated carbocycles. The van der Waals surface area contributed by atoms with E-state index in [4.69, 9.17) is 33.2 Å². The standard InChI is InChI=1S/C41H60O15/c1-22(42)29-19-30-35-24(15-33(45)54-35)20-40(48,56-30)38(5,6)11-10-26-12-23(14-32(44)50-9)13-28(51-26)21-41(49)39(7,8)31(53-36(47)37(2,3)4)18-27(55-41)16-25(43)17-34(46)52-29/h10-11,14-15,22,25-31,35,42-43,48-49H,12-13,16-21H2,1-9H3/t22-,25-,26+,27-,28+,29-,30-,31+,35+,40-,41+/m1/s1. The maximum atomic E-state index is 13.3. The average molecular weight is 793 g/mol. The fourth-order valence-electron chi connectivity index (χ4n) is 8.04. The molecule has 5 heterocycles. The summed E-state index contributed by atoms with van der Waals surface area (Å²) >= 11 is 0. The van der Waals surface area contributed by atoms with Crippen molar-refractivity contribution in [3.05, 3.63) is 35.5 Å². The SMILES string of the molecule is COC(=O)C=C1C[C@H]2C[C@]3(O)O[C@H](C[C@@H](O)CC(=O)O[C@@H]([C@@H](C)O)C[C@H]4O[C@](O)(CC5=CC(=O)O[C@@H]54)C(C)(C)C=C[C@@H](C1)O2)C[C@H](OC(=O)C(C)(C)C)C3(C)C. The van der Waals surface area contributed by atoms with Gasteiger partial charge in [0, 0.05) is 49.7 Å². The number of rotatable bonds is 3. The number of fused-ring (bicyclic) bond motifs is 8. The number of esters is 4. The zero-order valence-corrected chi connectivity index (χ0v) is 33.9. The summed E-state index contributed by atoms with van der Waals surface area (Å²) in [5.41, 5.74) is -2.08. The molecule has 0 unspecified atom stereocenters. The lowest BCUT2D eigenvalue weighted by Crippen LogP contribution is -2.62. The second-order valence-corrected chi connectivity index (χ2v) is 18.2. The first-order chi connectivity index (χ1) is 25.8. The van der Waals surface area contributed by atoms with Crippen LogP contribution in [-0.4, -0.2) is 118 Å². The number of hydrogen-bond acceptors (Lipinski definition) is 15. The van der Waals surface area contributed by atoms with Crippen LogP contribution in [0.15, 0.2) is 35.5 Å². The van der Waals surface area contributed by atoms with Crippen molar-refractivity contribution in [2.45, 2.75) is 173 Å². The Morgan fingerprint density at radius 3 is 2.30 bits per heavy atom. The normalized spacial score (nSPS) is 38.9. The Morgan fingerprint density at radius 1 is 0.964 bits per heavy atom. The molecule has 5 aliphatic heterocycles. The van der Waals surface area contributed by atoms with E-state index < -0.39 is 113 Å². The van der Waals surface area contributed by atoms with Crippen LogP contribution in [0.25, 0.3) is 0 Å². The van der Waals surface area contributed by atoms with Crippen LogP contribution in [-0.2, 0) is 52.3 Å². The minimum Gasteiger partial charge on any atom is -0.466 e. The van der Waals surface area contributed by atoms with Crippen molar-refractivity contribution in [2.24, 2.45) is 16.2 Å². The van der Waals surface area contributed by atoms with Crippen LogP contribution in [0.1, 0.15) is 107 Å². The van der Waals surface area contributed by atoms with Crippen molar-refractivity contribution in [1.82, 2.24) is 0 Å². The quantitative estimate of drug-likeness (QED) is 0.140. The maximum absolute atomic E-state index is 13.3. The van der Waals surface area contributed by atoms with Gasteiger partial charge in [-0.15, -0.1) is 0 Å². The molecule has 0 aromatic heterocycles. The first-order valence-corrected chi connectivity index (χ1v) is 19.4. The van der Waals surface area contributed by atoms with E-state index in [0.29, 0.717) is 11.1 Å². The van der Waals surface area contributed by atoms with Gasteiger partial charge in [-0.1, -0.05) is 45.4 Å². The highest BCUT2D eigenvalue weighted by molar-refractivity contribution is 5.86. The molecule has 4 N–H and O–H groups in total. The van der Waals surface area contributed by atoms with Crippen molar-refractivity contribution < 1.29 is 72.8 Å². The van der Waals surface area contributed by atoms with E-state index in [1.807, 2.05) is 0 Å². The van der Waals surface area contributed by atoms with E-state index in [0.717, 1.165) is 0 Å². The number of carbonyl (C=O) groups excluding carboxylic acids is 4. The molecule has 0 spiro atoms. The molecule has 15 nitrogen and oxygen atoms in total. The number of aliphatic hydroxyl groups excluding tert-OH is 2. The smallest absolute Gasteiger partial charge is 0.331 e. The summed E-state index contributed by atoms with van der Waals surface area (Å²) in [6, 6.07) is 0. The lowest BCUT2D eigenvalue weighted by Gasteiger charge is -2.54. The molecule has 0 radical (unpaired) electrons. The zero-order chi connectivity index (χ0) is 41.6. The van der Waals surface area contributed by atoms with Crippen molar-refractivity contribution in [2.75, 3.05) is 7.11 Å². The third-order valence-corrected chi connectivity index (χ3v) is 11.9. The Labute approximate surface area is 328 Å². The van der Waals surface area contributed by atoms with Crippen LogP contribution in [0.5, 0.6) is 0 Å². The van der Waals surface area contributed by atoms with Gasteiger partial charge in [0.25, 0.3) is 0 Å². The van der Waals surface area contributed by atoms with Gasteiger partial charge < -0.3 is 53.6 Å². The fraction of sp³-hybridized carbons (Fsp3) is 0.756. The van der Waals surface area contributed by atoms with Crippen LogP contribution < -0.4 is 0 Å². The minimum atomic E-state index is -2.01. The molecule has 314 valence electrons. The Hall–Kier alpha value is -3.18. The summed E-state index contributed by atoms with van der Waals surface area (Å²) in [6.45, 7) is 13.5. The molecule has 56 heavy (non-hydrogen) atoms. The van der Waals surface area contributed by atoms with Crippen molar-refractivity contribution >= 4 is 23.9 Å². The van der Waals surface area contributed by atoms with E-state index in [-0.39, 0.29) is 44.9 Å². The molecule has 11 atom stereocenters. The van der Waals surface area contributed by atoms with Crippen LogP contribution in [0.2, 0.25) is 0 Å². The highest BCUT2D eigenvalue weighted by Gasteiger charge is 2.59. The van der Waals surface area contributed by atoms with Crippen molar-refractivity contribution in [3.63, 3.8) is 0 Å². The van der Waals surface area contributed by atoms with Gasteiger partial charge in [0.15, 0.2) is 17.7 Å². The van der Waals surface area contributed by atoms with E-state index >= 15 is 0 Å². The Balaban J connectivity index is 1.57. The van der Waals surface area contributed by atoms with E-state index in [1.165, 1.54) is 26.2 Å². The summed E-state index contributed by atoms with van der Waals surface area (Å²) in [5, 5.41) is 46.7. The predicted octanol–water partition coefficient (Wildman–Crippen LogP) is 3.23. The number of aliphatic hydroxyl groups is 4. The first kappa shape index (κ1) is 43.9. The Kier molecular flexibility index (Phi) is 12.7. The molecule has 0 aliphatic carbocycles. The van der Waals surface area contributed by atoms with Gasteiger partial charge in [0.1, 0.15) is 18.3 Å². The van der Waals surface area contributed by atoms with Crippen LogP contribution >= 0.6 is 0 Å². The molecular weight excluding hydrogens is 732 g/mol. The lowest BCUT2D eigenvalue weighted by molar-refractivity contribution is -0.349. The van der Waals surface area contributed by atoms with E-state index in [9.17, 15) is 39.6 Å². The summed E-state index contributed by atoms with van der Waals surface area (Å²) in [6.07, 6.45) is -3.16. The summed E-state index contributed by atoms with van der Waals surface area (Å²) < 4.78 is 41.5. The molecule has 0 aromatic carbocycles. The fourth-order valence-corrected chi connectivity index (χ4v) is 8.04. The van der Waals surface area contributed by atoms with Gasteiger partial charge in [0.05, 0.1) is 54.9 Å². The number of cyclic esters (lactones) is 1. The molecule has 6 bridgehead atoms. The zero-order valence-electron chi connectivity index (χ0n) is 33.9. The Bertz CT molecular complexity index is 1600. The number of methoxy groups -OCH3 is 1. The van der Waals surface area contributed by atoms with E-state index in [2.05, 4.69) is 0 Å². The molecule has 0 aromatic rings. The number of carbonyl (C=O) groups is 4. The largest absolute Gasteiger partial charge is 0.466 e. The molecule has 3 fully saturated rings. The van der Waals surface area contributed by atoms with Crippen molar-refractivity contribution in [1.29, 1.82) is 0 Å². The number of hydrogen-bond donors (Lipinski definition) is 4. The monoisotopic (exact) mass is 792 g/mol. The minimum absolute atomic E-state index is 0.0915. The molecule has 15 heteroatoms. The van der Waals surface area contributed by atoms with Gasteiger partial charge >= 0.3 is 23.9 Å². The van der Waals surface area contributed by atoms with Gasteiger partial charge in [-0.2, -0.15) is 0 Å². The van der Waals surface area contributed by atoms with E-state index in [1.54, 1.807) is 60.6 Å². The van der Waals surface area contributed by atoms with Gasteiger partial charge in [-0.25, -0.2) is 9.59 Å². The predicted molar refractivity (Wildman–Crippen MR) is 197 cm³/mol. The molecular formula is C41H60O15. The topological polar surface area (TPSA) is 214 Å². The summed E-state index contributed by atoms with van der Waals surface area (Å²) in [5.74, 6) is -6.45. The molecule has 5 aliphatic rings. The van der Waals surface area contributed by atoms with Gasteiger partial charge in [0.2, 0.25) is 0 Å². The highest BCUT2D eigenvalue weighted by Crippen LogP contribution is 2.50. The van der Waals surface area contributed by atoms with Gasteiger partial charge in [-0.05, 0) is 46.1 Å². The van der Waals surface area contributed by atoms with Crippen LogP contribution in [0, 0.1) is 16.2 Å². The molecule has 0 amide bonds. The van der Waals surface area contributed by atoms with Crippen molar-refractivity contribution in [3.8, 4) is 0 Å². The second-order valence-electron chi connectivity index (χ2n) is 18.2. The van der Waals surface area contributed by atoms with Gasteiger partial charge in [-0.3, -0.25) is 9.59 Å².